The summed E-state index contributed by atoms with van der Waals surface area (Å²) in [7, 11) is 0. The molecule has 6 N–H and O–H groups in total. The Morgan fingerprint density at radius 3 is 2.05 bits per heavy atom. The van der Waals surface area contributed by atoms with Crippen molar-refractivity contribution in [1.82, 2.24) is 0 Å². The molecule has 0 aromatic rings. The molecule has 0 aliphatic carbocycles. The third kappa shape index (κ3) is 3.05. The molecule has 0 aromatic carbocycles. The van der Waals surface area contributed by atoms with E-state index in [0.29, 0.717) is 0 Å². The summed E-state index contributed by atoms with van der Waals surface area (Å²) in [5, 5.41) is 57.0. The highest BCUT2D eigenvalue weighted by atomic mass is 16.7. The van der Waals surface area contributed by atoms with E-state index in [-0.39, 0.29) is 13.2 Å². The van der Waals surface area contributed by atoms with Gasteiger partial charge in [0.05, 0.1) is 13.2 Å². The van der Waals surface area contributed by atoms with Crippen LogP contribution in [0.15, 0.2) is 0 Å². The van der Waals surface area contributed by atoms with Crippen LogP contribution in [0.25, 0.3) is 0 Å². The molecular formula is C10H18O9. The van der Waals surface area contributed by atoms with E-state index < -0.39 is 49.2 Å². The Balaban J connectivity index is 1.99. The Morgan fingerprint density at radius 2 is 1.37 bits per heavy atom. The summed E-state index contributed by atoms with van der Waals surface area (Å²) in [5.74, 6) is 0. The molecular weight excluding hydrogens is 264 g/mol. The molecule has 2 aliphatic rings. The van der Waals surface area contributed by atoms with Crippen molar-refractivity contribution in [2.75, 3.05) is 13.2 Å². The van der Waals surface area contributed by atoms with Gasteiger partial charge in [0, 0.05) is 0 Å². The molecule has 9 heteroatoms. The first-order valence-corrected chi connectivity index (χ1v) is 5.89. The number of rotatable bonds is 2. The van der Waals surface area contributed by atoms with E-state index in [4.69, 9.17) is 9.47 Å². The number of hydrogen-bond donors (Lipinski definition) is 6. The molecule has 0 bridgehead atoms. The Hall–Kier alpha value is -0.360. The molecule has 0 spiro atoms. The average molecular weight is 282 g/mol. The van der Waals surface area contributed by atoms with Crippen molar-refractivity contribution >= 4 is 0 Å². The van der Waals surface area contributed by atoms with Crippen LogP contribution in [0.3, 0.4) is 0 Å². The standard InChI is InChI=1S/C10H18O9/c11-3-1-18-10(6(14)5(3)13)19-8-4(12)2-17-9(16)7(8)15/h3-16H,1-2H2/t3-,4+,5+,6-,7-,8+,9+,10+/m1/s1. The first-order valence-electron chi connectivity index (χ1n) is 5.89. The maximum Gasteiger partial charge on any atom is 0.186 e. The molecule has 19 heavy (non-hydrogen) atoms. The van der Waals surface area contributed by atoms with E-state index in [0.717, 1.165) is 0 Å². The average Bonchev–Trinajstić information content (AvgIpc) is 2.39. The van der Waals surface area contributed by atoms with Crippen LogP contribution in [-0.2, 0) is 14.2 Å². The second-order valence-corrected chi connectivity index (χ2v) is 4.63. The Kier molecular flexibility index (Phi) is 4.71. The fraction of sp³-hybridized carbons (Fsp3) is 1.00. The fourth-order valence-corrected chi connectivity index (χ4v) is 2.01. The molecule has 2 saturated heterocycles. The maximum absolute atomic E-state index is 9.66. The minimum Gasteiger partial charge on any atom is -0.388 e. The second kappa shape index (κ2) is 5.95. The lowest BCUT2D eigenvalue weighted by Crippen LogP contribution is -2.60. The van der Waals surface area contributed by atoms with Gasteiger partial charge in [0.2, 0.25) is 0 Å². The van der Waals surface area contributed by atoms with Gasteiger partial charge in [0.25, 0.3) is 0 Å². The summed E-state index contributed by atoms with van der Waals surface area (Å²) < 4.78 is 14.8. The predicted molar refractivity (Wildman–Crippen MR) is 56.6 cm³/mol. The van der Waals surface area contributed by atoms with Gasteiger partial charge in [-0.25, -0.2) is 0 Å². The first kappa shape index (κ1) is 15.0. The molecule has 0 saturated carbocycles. The highest BCUT2D eigenvalue weighted by molar-refractivity contribution is 4.87. The van der Waals surface area contributed by atoms with Gasteiger partial charge in [0.1, 0.15) is 36.6 Å². The zero-order valence-corrected chi connectivity index (χ0v) is 9.94. The Bertz CT molecular complexity index is 301. The normalized spacial score (nSPS) is 52.1. The first-order chi connectivity index (χ1) is 8.91. The molecule has 112 valence electrons. The zero-order valence-electron chi connectivity index (χ0n) is 9.94. The van der Waals surface area contributed by atoms with Crippen molar-refractivity contribution < 1.29 is 44.8 Å². The highest BCUT2D eigenvalue weighted by Crippen LogP contribution is 2.23. The molecule has 8 atom stereocenters. The van der Waals surface area contributed by atoms with E-state index in [1.165, 1.54) is 0 Å². The van der Waals surface area contributed by atoms with E-state index in [2.05, 4.69) is 4.74 Å². The Labute approximate surface area is 108 Å². The largest absolute Gasteiger partial charge is 0.388 e. The monoisotopic (exact) mass is 282 g/mol. The van der Waals surface area contributed by atoms with Gasteiger partial charge in [0.15, 0.2) is 12.6 Å². The zero-order chi connectivity index (χ0) is 14.2. The molecule has 2 rings (SSSR count). The summed E-state index contributed by atoms with van der Waals surface area (Å²) >= 11 is 0. The van der Waals surface area contributed by atoms with Crippen LogP contribution < -0.4 is 0 Å². The number of hydrogen-bond acceptors (Lipinski definition) is 9. The lowest BCUT2D eigenvalue weighted by molar-refractivity contribution is -0.329. The van der Waals surface area contributed by atoms with Gasteiger partial charge < -0.3 is 44.8 Å². The quantitative estimate of drug-likeness (QED) is 0.297. The molecule has 2 aliphatic heterocycles. The highest BCUT2D eigenvalue weighted by Gasteiger charge is 2.45. The smallest absolute Gasteiger partial charge is 0.186 e. The van der Waals surface area contributed by atoms with Crippen molar-refractivity contribution in [3.8, 4) is 0 Å². The Morgan fingerprint density at radius 1 is 0.737 bits per heavy atom. The molecule has 9 nitrogen and oxygen atoms in total. The van der Waals surface area contributed by atoms with Gasteiger partial charge in [-0.15, -0.1) is 0 Å². The van der Waals surface area contributed by atoms with Crippen LogP contribution in [0.2, 0.25) is 0 Å². The topological polar surface area (TPSA) is 149 Å². The minimum absolute atomic E-state index is 0.253. The van der Waals surface area contributed by atoms with Crippen LogP contribution in [0.5, 0.6) is 0 Å². The molecule has 0 unspecified atom stereocenters. The molecule has 0 amide bonds. The van der Waals surface area contributed by atoms with Crippen molar-refractivity contribution in [3.05, 3.63) is 0 Å². The van der Waals surface area contributed by atoms with E-state index in [1.807, 2.05) is 0 Å². The number of aliphatic hydroxyl groups is 6. The molecule has 0 aromatic heterocycles. The minimum atomic E-state index is -1.54. The summed E-state index contributed by atoms with van der Waals surface area (Å²) in [4.78, 5) is 0. The van der Waals surface area contributed by atoms with E-state index >= 15 is 0 Å². The SMILES string of the molecule is O[C@@H]1[C@@H](O)[C@H](O[C@@H]2[C@@H](O)[C@@H](O)OC[C@@H]2O)OC[C@H]1O. The third-order valence-electron chi connectivity index (χ3n) is 3.19. The van der Waals surface area contributed by atoms with Crippen LogP contribution >= 0.6 is 0 Å². The lowest BCUT2D eigenvalue weighted by atomic mass is 10.0. The number of ether oxygens (including phenoxy) is 3. The molecule has 0 radical (unpaired) electrons. The maximum atomic E-state index is 9.66. The van der Waals surface area contributed by atoms with Gasteiger partial charge in [-0.1, -0.05) is 0 Å². The second-order valence-electron chi connectivity index (χ2n) is 4.63. The van der Waals surface area contributed by atoms with Crippen molar-refractivity contribution in [2.24, 2.45) is 0 Å². The summed E-state index contributed by atoms with van der Waals surface area (Å²) in [6.45, 7) is -0.516. The van der Waals surface area contributed by atoms with Gasteiger partial charge in [-0.2, -0.15) is 0 Å². The van der Waals surface area contributed by atoms with Crippen molar-refractivity contribution in [3.63, 3.8) is 0 Å². The van der Waals surface area contributed by atoms with Gasteiger partial charge in [-0.3, -0.25) is 0 Å². The van der Waals surface area contributed by atoms with Gasteiger partial charge in [-0.05, 0) is 0 Å². The molecule has 2 fully saturated rings. The van der Waals surface area contributed by atoms with E-state index in [9.17, 15) is 30.6 Å². The summed E-state index contributed by atoms with van der Waals surface area (Å²) in [5.41, 5.74) is 0. The fourth-order valence-electron chi connectivity index (χ4n) is 2.01. The summed E-state index contributed by atoms with van der Waals surface area (Å²) in [6, 6.07) is 0. The lowest BCUT2D eigenvalue weighted by Gasteiger charge is -2.41. The van der Waals surface area contributed by atoms with Crippen LogP contribution in [-0.4, -0.2) is 93.1 Å². The third-order valence-corrected chi connectivity index (χ3v) is 3.19. The van der Waals surface area contributed by atoms with Crippen molar-refractivity contribution in [1.29, 1.82) is 0 Å². The number of aliphatic hydroxyl groups excluding tert-OH is 6. The summed E-state index contributed by atoms with van der Waals surface area (Å²) in [6.07, 6.45) is -11.1. The van der Waals surface area contributed by atoms with E-state index in [1.54, 1.807) is 0 Å². The van der Waals surface area contributed by atoms with Crippen molar-refractivity contribution in [2.45, 2.75) is 49.2 Å². The predicted octanol–water partition coefficient (Wildman–Crippen LogP) is -4.12. The van der Waals surface area contributed by atoms with Crippen LogP contribution in [0.4, 0.5) is 0 Å². The van der Waals surface area contributed by atoms with Crippen LogP contribution in [0, 0.1) is 0 Å². The van der Waals surface area contributed by atoms with Gasteiger partial charge >= 0.3 is 0 Å². The molecule has 2 heterocycles. The van der Waals surface area contributed by atoms with Crippen LogP contribution in [0.1, 0.15) is 0 Å².